The summed E-state index contributed by atoms with van der Waals surface area (Å²) < 4.78 is 5.57. The zero-order valence-electron chi connectivity index (χ0n) is 13.8. The molecule has 0 unspecified atom stereocenters. The fourth-order valence-electron chi connectivity index (χ4n) is 4.00. The van der Waals surface area contributed by atoms with E-state index in [-0.39, 0.29) is 6.09 Å². The first-order valence-electron chi connectivity index (χ1n) is 8.36. The Balaban J connectivity index is 1.85. The van der Waals surface area contributed by atoms with Crippen LogP contribution < -0.4 is 4.74 Å². The van der Waals surface area contributed by atoms with Crippen molar-refractivity contribution in [2.45, 2.75) is 44.6 Å². The lowest BCUT2D eigenvalue weighted by Gasteiger charge is -2.34. The van der Waals surface area contributed by atoms with Crippen molar-refractivity contribution in [3.8, 4) is 5.75 Å². The second-order valence-corrected chi connectivity index (χ2v) is 6.62. The summed E-state index contributed by atoms with van der Waals surface area (Å²) in [4.78, 5) is 16.0. The number of carbonyl (C=O) groups is 1. The lowest BCUT2D eigenvalue weighted by Crippen LogP contribution is -2.35. The quantitative estimate of drug-likeness (QED) is 0.859. The second-order valence-electron chi connectivity index (χ2n) is 6.62. The number of benzene rings is 1. The van der Waals surface area contributed by atoms with Crippen LogP contribution in [0.1, 0.15) is 43.2 Å². The molecule has 1 saturated heterocycles. The molecular weight excluding hydrogens is 276 g/mol. The van der Waals surface area contributed by atoms with E-state index in [9.17, 15) is 4.79 Å². The number of carbonyl (C=O) groups excluding carboxylic acids is 1. The van der Waals surface area contributed by atoms with Crippen LogP contribution in [0.2, 0.25) is 0 Å². The first-order valence-corrected chi connectivity index (χ1v) is 8.36. The number of fused-ring (bicyclic) bond motifs is 3. The second kappa shape index (κ2) is 6.29. The molecule has 0 bridgehead atoms. The third-order valence-corrected chi connectivity index (χ3v) is 4.99. The Morgan fingerprint density at radius 3 is 2.91 bits per heavy atom. The largest absolute Gasteiger partial charge is 0.414 e. The van der Waals surface area contributed by atoms with E-state index < -0.39 is 0 Å². The first kappa shape index (κ1) is 15.3. The van der Waals surface area contributed by atoms with Crippen molar-refractivity contribution < 1.29 is 9.53 Å². The fourth-order valence-corrected chi connectivity index (χ4v) is 4.00. The maximum atomic E-state index is 11.9. The number of rotatable bonds is 3. The van der Waals surface area contributed by atoms with Gasteiger partial charge in [-0.1, -0.05) is 19.1 Å². The van der Waals surface area contributed by atoms with Crippen molar-refractivity contribution in [1.82, 2.24) is 9.80 Å². The van der Waals surface area contributed by atoms with Gasteiger partial charge >= 0.3 is 6.09 Å². The van der Waals surface area contributed by atoms with Crippen LogP contribution in [0.3, 0.4) is 0 Å². The van der Waals surface area contributed by atoms with Crippen molar-refractivity contribution in [3.05, 3.63) is 29.3 Å². The summed E-state index contributed by atoms with van der Waals surface area (Å²) in [7, 11) is 3.43. The Labute approximate surface area is 133 Å². The van der Waals surface area contributed by atoms with Crippen LogP contribution >= 0.6 is 0 Å². The average Bonchev–Trinajstić information content (AvgIpc) is 2.91. The van der Waals surface area contributed by atoms with Gasteiger partial charge in [-0.3, -0.25) is 4.90 Å². The van der Waals surface area contributed by atoms with Gasteiger partial charge in [0.2, 0.25) is 0 Å². The summed E-state index contributed by atoms with van der Waals surface area (Å²) in [6.45, 7) is 4.65. The Hall–Kier alpha value is -1.55. The highest BCUT2D eigenvalue weighted by molar-refractivity contribution is 5.70. The predicted octanol–water partition coefficient (Wildman–Crippen LogP) is 3.26. The van der Waals surface area contributed by atoms with Crippen molar-refractivity contribution in [2.24, 2.45) is 0 Å². The van der Waals surface area contributed by atoms with Gasteiger partial charge in [0.25, 0.3) is 0 Å². The maximum absolute atomic E-state index is 11.9. The molecule has 0 saturated carbocycles. The van der Waals surface area contributed by atoms with Crippen LogP contribution in [0.25, 0.3) is 0 Å². The molecule has 0 aromatic heterocycles. The summed E-state index contributed by atoms with van der Waals surface area (Å²) in [5, 5.41) is 0. The molecule has 1 amide bonds. The summed E-state index contributed by atoms with van der Waals surface area (Å²) in [6.07, 6.45) is 4.33. The molecule has 3 rings (SSSR count). The summed E-state index contributed by atoms with van der Waals surface area (Å²) >= 11 is 0. The van der Waals surface area contributed by atoms with Crippen molar-refractivity contribution >= 4 is 6.09 Å². The zero-order chi connectivity index (χ0) is 15.7. The van der Waals surface area contributed by atoms with Gasteiger partial charge in [-0.25, -0.2) is 4.79 Å². The van der Waals surface area contributed by atoms with Gasteiger partial charge in [-0.2, -0.15) is 0 Å². The van der Waals surface area contributed by atoms with Crippen LogP contribution in [0.4, 0.5) is 4.79 Å². The van der Waals surface area contributed by atoms with Gasteiger partial charge in [0.05, 0.1) is 0 Å². The molecule has 22 heavy (non-hydrogen) atoms. The molecule has 1 aliphatic carbocycles. The molecule has 4 heteroatoms. The molecule has 0 radical (unpaired) electrons. The SMILES string of the molecule is CCCN1CC[C@H]2c3cccc(OC(=O)N(C)C)c3CC[C@H]21. The summed E-state index contributed by atoms with van der Waals surface area (Å²) in [5.41, 5.74) is 2.65. The topological polar surface area (TPSA) is 32.8 Å². The maximum Gasteiger partial charge on any atom is 0.414 e. The van der Waals surface area contributed by atoms with Crippen LogP contribution in [0.15, 0.2) is 18.2 Å². The van der Waals surface area contributed by atoms with Crippen molar-refractivity contribution in [2.75, 3.05) is 27.2 Å². The Morgan fingerprint density at radius 1 is 1.36 bits per heavy atom. The minimum atomic E-state index is -0.297. The Kier molecular flexibility index (Phi) is 4.39. The van der Waals surface area contributed by atoms with Gasteiger partial charge in [0, 0.05) is 26.1 Å². The summed E-state index contributed by atoms with van der Waals surface area (Å²) in [5.74, 6) is 1.36. The van der Waals surface area contributed by atoms with E-state index >= 15 is 0 Å². The van der Waals surface area contributed by atoms with Crippen LogP contribution in [0.5, 0.6) is 5.75 Å². The minimum absolute atomic E-state index is 0.297. The third kappa shape index (κ3) is 2.72. The zero-order valence-corrected chi connectivity index (χ0v) is 13.8. The monoisotopic (exact) mass is 302 g/mol. The summed E-state index contributed by atoms with van der Waals surface area (Å²) in [6, 6.07) is 6.86. The van der Waals surface area contributed by atoms with Crippen LogP contribution in [-0.4, -0.2) is 49.1 Å². The number of amides is 1. The Bertz CT molecular complexity index is 556. The van der Waals surface area contributed by atoms with Crippen LogP contribution in [0, 0.1) is 0 Å². The Morgan fingerprint density at radius 2 is 2.18 bits per heavy atom. The molecular formula is C18H26N2O2. The highest BCUT2D eigenvalue weighted by Crippen LogP contribution is 2.44. The van der Waals surface area contributed by atoms with Gasteiger partial charge in [-0.05, 0) is 56.0 Å². The number of nitrogens with zero attached hydrogens (tertiary/aromatic N) is 2. The van der Waals surface area contributed by atoms with E-state index in [0.29, 0.717) is 12.0 Å². The molecule has 1 aromatic rings. The lowest BCUT2D eigenvalue weighted by atomic mass is 9.79. The van der Waals surface area contributed by atoms with E-state index in [2.05, 4.69) is 17.9 Å². The first-order chi connectivity index (χ1) is 10.6. The number of ether oxygens (including phenoxy) is 1. The van der Waals surface area contributed by atoms with E-state index in [4.69, 9.17) is 4.74 Å². The molecule has 4 nitrogen and oxygen atoms in total. The molecule has 120 valence electrons. The third-order valence-electron chi connectivity index (χ3n) is 4.99. The molecule has 1 fully saturated rings. The smallest absolute Gasteiger partial charge is 0.410 e. The number of hydrogen-bond donors (Lipinski definition) is 0. The molecule has 2 atom stereocenters. The van der Waals surface area contributed by atoms with Crippen molar-refractivity contribution in [1.29, 1.82) is 0 Å². The molecule has 0 N–H and O–H groups in total. The van der Waals surface area contributed by atoms with Gasteiger partial charge in [-0.15, -0.1) is 0 Å². The number of hydrogen-bond acceptors (Lipinski definition) is 3. The molecule has 2 aliphatic rings. The van der Waals surface area contributed by atoms with E-state index in [1.165, 1.54) is 48.4 Å². The highest BCUT2D eigenvalue weighted by atomic mass is 16.6. The average molecular weight is 302 g/mol. The molecule has 1 heterocycles. The van der Waals surface area contributed by atoms with E-state index in [1.54, 1.807) is 14.1 Å². The van der Waals surface area contributed by atoms with Crippen LogP contribution in [-0.2, 0) is 6.42 Å². The molecule has 1 aromatic carbocycles. The van der Waals surface area contributed by atoms with Crippen molar-refractivity contribution in [3.63, 3.8) is 0 Å². The minimum Gasteiger partial charge on any atom is -0.410 e. The van der Waals surface area contributed by atoms with E-state index in [0.717, 1.165) is 12.2 Å². The number of likely N-dealkylation sites (tertiary alicyclic amines) is 1. The van der Waals surface area contributed by atoms with Gasteiger partial charge in [0.15, 0.2) is 0 Å². The fraction of sp³-hybridized carbons (Fsp3) is 0.611. The highest BCUT2D eigenvalue weighted by Gasteiger charge is 2.39. The normalized spacial score (nSPS) is 23.8. The van der Waals surface area contributed by atoms with Gasteiger partial charge in [0.1, 0.15) is 5.75 Å². The molecule has 1 aliphatic heterocycles. The van der Waals surface area contributed by atoms with Gasteiger partial charge < -0.3 is 9.64 Å². The predicted molar refractivity (Wildman–Crippen MR) is 87.5 cm³/mol. The standard InChI is InChI=1S/C18H26N2O2/c1-4-11-20-12-10-14-13-6-5-7-17(22-18(21)19(2)3)15(13)8-9-16(14)20/h5-7,14,16H,4,8-12H2,1-3H3/t14-,16+/m0/s1. The lowest BCUT2D eigenvalue weighted by molar-refractivity contribution is 0.170. The molecule has 0 spiro atoms. The van der Waals surface area contributed by atoms with E-state index in [1.807, 2.05) is 12.1 Å².